The summed E-state index contributed by atoms with van der Waals surface area (Å²) in [4.78, 5) is 10.3. The van der Waals surface area contributed by atoms with Crippen molar-refractivity contribution >= 4 is 11.4 Å². The lowest BCUT2D eigenvalue weighted by Gasteiger charge is -2.11. The zero-order valence-electron chi connectivity index (χ0n) is 16.1. The number of ether oxygens (including phenoxy) is 1. The van der Waals surface area contributed by atoms with Crippen LogP contribution < -0.4 is 10.1 Å². The first-order valence-corrected chi connectivity index (χ1v) is 9.21. The van der Waals surface area contributed by atoms with Crippen LogP contribution in [0.4, 0.5) is 24.5 Å². The van der Waals surface area contributed by atoms with Gasteiger partial charge < -0.3 is 10.1 Å². The molecular weight excluding hydrogens is 397 g/mol. The van der Waals surface area contributed by atoms with Crippen molar-refractivity contribution in [2.24, 2.45) is 0 Å². The number of hydrogen-bond donors (Lipinski definition) is 1. The SMILES string of the molecule is CCc1ccc(NCc2ccc(Oc3ccc(C(F)(F)F)cc3[N+](=O)[O-])cc2)cc1. The average molecular weight is 416 g/mol. The first-order valence-electron chi connectivity index (χ1n) is 9.21. The number of hydrogen-bond acceptors (Lipinski definition) is 4. The highest BCUT2D eigenvalue weighted by Crippen LogP contribution is 2.37. The van der Waals surface area contributed by atoms with Crippen molar-refractivity contribution in [2.75, 3.05) is 5.32 Å². The van der Waals surface area contributed by atoms with Crippen molar-refractivity contribution < 1.29 is 22.8 Å². The van der Waals surface area contributed by atoms with Crippen molar-refractivity contribution in [1.29, 1.82) is 0 Å². The van der Waals surface area contributed by atoms with Crippen molar-refractivity contribution in [3.8, 4) is 11.5 Å². The largest absolute Gasteiger partial charge is 0.450 e. The van der Waals surface area contributed by atoms with E-state index in [1.807, 2.05) is 12.1 Å². The quantitative estimate of drug-likeness (QED) is 0.349. The molecule has 30 heavy (non-hydrogen) atoms. The van der Waals surface area contributed by atoms with Crippen LogP contribution in [0.3, 0.4) is 0 Å². The molecule has 0 saturated carbocycles. The first-order chi connectivity index (χ1) is 14.3. The van der Waals surface area contributed by atoms with Gasteiger partial charge in [0.25, 0.3) is 0 Å². The molecule has 0 aromatic heterocycles. The van der Waals surface area contributed by atoms with Gasteiger partial charge in [-0.1, -0.05) is 31.2 Å². The van der Waals surface area contributed by atoms with Gasteiger partial charge in [-0.3, -0.25) is 10.1 Å². The van der Waals surface area contributed by atoms with Crippen molar-refractivity contribution in [3.05, 3.63) is 93.5 Å². The number of nitrogens with zero attached hydrogens (tertiary/aromatic N) is 1. The van der Waals surface area contributed by atoms with Crippen LogP contribution in [0.25, 0.3) is 0 Å². The Bertz CT molecular complexity index is 1020. The van der Waals surface area contributed by atoms with Crippen LogP contribution in [-0.4, -0.2) is 4.92 Å². The van der Waals surface area contributed by atoms with Gasteiger partial charge >= 0.3 is 11.9 Å². The van der Waals surface area contributed by atoms with Crippen LogP contribution >= 0.6 is 0 Å². The van der Waals surface area contributed by atoms with Gasteiger partial charge in [0.2, 0.25) is 5.75 Å². The lowest BCUT2D eigenvalue weighted by molar-refractivity contribution is -0.385. The van der Waals surface area contributed by atoms with E-state index < -0.39 is 22.4 Å². The molecule has 0 spiro atoms. The normalized spacial score (nSPS) is 11.2. The van der Waals surface area contributed by atoms with Crippen LogP contribution in [-0.2, 0) is 19.1 Å². The number of benzene rings is 3. The molecule has 0 aliphatic rings. The molecule has 3 aromatic carbocycles. The highest BCUT2D eigenvalue weighted by Gasteiger charge is 2.33. The fourth-order valence-corrected chi connectivity index (χ4v) is 2.79. The topological polar surface area (TPSA) is 64.4 Å². The summed E-state index contributed by atoms with van der Waals surface area (Å²) < 4.78 is 43.8. The van der Waals surface area contributed by atoms with E-state index in [-0.39, 0.29) is 11.5 Å². The van der Waals surface area contributed by atoms with Crippen LogP contribution in [0.1, 0.15) is 23.6 Å². The second kappa shape index (κ2) is 8.86. The maximum Gasteiger partial charge on any atom is 0.416 e. The van der Waals surface area contributed by atoms with E-state index in [1.54, 1.807) is 24.3 Å². The zero-order chi connectivity index (χ0) is 21.7. The first kappa shape index (κ1) is 21.2. The maximum atomic E-state index is 12.8. The van der Waals surface area contributed by atoms with Crippen molar-refractivity contribution in [1.82, 2.24) is 0 Å². The molecule has 0 bridgehead atoms. The molecule has 0 aliphatic carbocycles. The highest BCUT2D eigenvalue weighted by atomic mass is 19.4. The lowest BCUT2D eigenvalue weighted by atomic mass is 10.1. The number of anilines is 1. The van der Waals surface area contributed by atoms with E-state index >= 15 is 0 Å². The fourth-order valence-electron chi connectivity index (χ4n) is 2.79. The fraction of sp³-hybridized carbons (Fsp3) is 0.182. The molecule has 0 atom stereocenters. The van der Waals surface area contributed by atoms with Gasteiger partial charge in [-0.15, -0.1) is 0 Å². The van der Waals surface area contributed by atoms with Gasteiger partial charge in [0, 0.05) is 18.3 Å². The molecule has 8 heteroatoms. The summed E-state index contributed by atoms with van der Waals surface area (Å²) >= 11 is 0. The van der Waals surface area contributed by atoms with Gasteiger partial charge in [0.1, 0.15) is 5.75 Å². The highest BCUT2D eigenvalue weighted by molar-refractivity contribution is 5.51. The molecule has 0 saturated heterocycles. The average Bonchev–Trinajstić information content (AvgIpc) is 2.73. The summed E-state index contributed by atoms with van der Waals surface area (Å²) in [7, 11) is 0. The van der Waals surface area contributed by atoms with E-state index in [4.69, 9.17) is 4.74 Å². The van der Waals surface area contributed by atoms with Crippen molar-refractivity contribution in [3.63, 3.8) is 0 Å². The van der Waals surface area contributed by atoms with Gasteiger partial charge in [0.05, 0.1) is 10.5 Å². The van der Waals surface area contributed by atoms with Crippen LogP contribution in [0.5, 0.6) is 11.5 Å². The van der Waals surface area contributed by atoms with E-state index in [0.29, 0.717) is 12.6 Å². The van der Waals surface area contributed by atoms with Gasteiger partial charge in [-0.25, -0.2) is 0 Å². The van der Waals surface area contributed by atoms with Crippen LogP contribution in [0, 0.1) is 10.1 Å². The second-order valence-corrected chi connectivity index (χ2v) is 6.59. The lowest BCUT2D eigenvalue weighted by Crippen LogP contribution is -2.06. The summed E-state index contributed by atoms with van der Waals surface area (Å²) in [5.74, 6) is 0.0313. The Labute approximate surface area is 171 Å². The third kappa shape index (κ3) is 5.28. The Kier molecular flexibility index (Phi) is 6.25. The Balaban J connectivity index is 1.68. The minimum absolute atomic E-state index is 0.255. The third-order valence-corrected chi connectivity index (χ3v) is 4.49. The molecule has 156 valence electrons. The summed E-state index contributed by atoms with van der Waals surface area (Å²) in [6.07, 6.45) is -3.70. The molecule has 5 nitrogen and oxygen atoms in total. The van der Waals surface area contributed by atoms with Gasteiger partial charge in [-0.2, -0.15) is 13.2 Å². The Morgan fingerprint density at radius 2 is 1.60 bits per heavy atom. The van der Waals surface area contributed by atoms with E-state index in [9.17, 15) is 23.3 Å². The van der Waals surface area contributed by atoms with Crippen LogP contribution in [0.2, 0.25) is 0 Å². The second-order valence-electron chi connectivity index (χ2n) is 6.59. The summed E-state index contributed by atoms with van der Waals surface area (Å²) in [5.41, 5.74) is 1.33. The minimum atomic E-state index is -4.67. The molecule has 0 fully saturated rings. The maximum absolute atomic E-state index is 12.8. The smallest absolute Gasteiger partial charge is 0.416 e. The Morgan fingerprint density at radius 1 is 0.967 bits per heavy atom. The third-order valence-electron chi connectivity index (χ3n) is 4.49. The predicted molar refractivity (Wildman–Crippen MR) is 108 cm³/mol. The summed E-state index contributed by atoms with van der Waals surface area (Å²) in [6.45, 7) is 2.65. The van der Waals surface area contributed by atoms with E-state index in [2.05, 4.69) is 24.4 Å². The number of nitro benzene ring substituents is 1. The monoisotopic (exact) mass is 416 g/mol. The number of nitrogens with one attached hydrogen (secondary N) is 1. The van der Waals surface area contributed by atoms with Crippen molar-refractivity contribution in [2.45, 2.75) is 26.1 Å². The summed E-state index contributed by atoms with van der Waals surface area (Å²) in [5, 5.41) is 14.4. The van der Waals surface area contributed by atoms with E-state index in [0.717, 1.165) is 29.8 Å². The molecule has 3 rings (SSSR count). The van der Waals surface area contributed by atoms with Gasteiger partial charge in [-0.05, 0) is 53.9 Å². The number of nitro groups is 1. The molecule has 0 radical (unpaired) electrons. The predicted octanol–water partition coefficient (Wildman–Crippen LogP) is 6.58. The standard InChI is InChI=1S/C22H19F3N2O3/c1-2-15-3-8-18(9-4-15)26-14-16-5-10-19(11-6-16)30-21-12-7-17(22(23,24)25)13-20(21)27(28)29/h3-13,26H,2,14H2,1H3. The molecule has 0 amide bonds. The molecule has 0 unspecified atom stereocenters. The Morgan fingerprint density at radius 3 is 2.17 bits per heavy atom. The summed E-state index contributed by atoms with van der Waals surface area (Å²) in [6, 6.07) is 17.1. The molecule has 3 aromatic rings. The molecule has 0 aliphatic heterocycles. The minimum Gasteiger partial charge on any atom is -0.450 e. The Hall–Kier alpha value is -3.55. The van der Waals surface area contributed by atoms with Crippen LogP contribution in [0.15, 0.2) is 66.7 Å². The number of alkyl halides is 3. The molecule has 1 N–H and O–H groups in total. The van der Waals surface area contributed by atoms with Gasteiger partial charge in [0.15, 0.2) is 0 Å². The molecular formula is C22H19F3N2O3. The zero-order valence-corrected chi connectivity index (χ0v) is 16.1. The number of rotatable bonds is 7. The number of aryl methyl sites for hydroxylation is 1. The number of halogens is 3. The van der Waals surface area contributed by atoms with E-state index in [1.165, 1.54) is 5.56 Å². The molecule has 0 heterocycles.